The van der Waals surface area contributed by atoms with E-state index in [9.17, 15) is 4.39 Å². The van der Waals surface area contributed by atoms with Crippen molar-refractivity contribution in [2.45, 2.75) is 19.9 Å². The molecule has 1 saturated heterocycles. The summed E-state index contributed by atoms with van der Waals surface area (Å²) < 4.78 is 13.3. The van der Waals surface area contributed by atoms with Gasteiger partial charge in [-0.05, 0) is 13.1 Å². The quantitative estimate of drug-likeness (QED) is 0.867. The lowest BCUT2D eigenvalue weighted by Crippen LogP contribution is -2.57. The van der Waals surface area contributed by atoms with Crippen LogP contribution in [0.1, 0.15) is 13.8 Å². The van der Waals surface area contributed by atoms with Gasteiger partial charge in [0.2, 0.25) is 0 Å². The van der Waals surface area contributed by atoms with Gasteiger partial charge in [-0.15, -0.1) is 0 Å². The molecule has 0 unspecified atom stereocenters. The molecule has 0 aliphatic carbocycles. The van der Waals surface area contributed by atoms with E-state index in [1.54, 1.807) is 0 Å². The van der Waals surface area contributed by atoms with Gasteiger partial charge >= 0.3 is 0 Å². The number of hydrogen-bond donors (Lipinski definition) is 1. The Morgan fingerprint density at radius 3 is 2.62 bits per heavy atom. The molecule has 5 heteroatoms. The topological polar surface area (TPSA) is 28.2 Å². The van der Waals surface area contributed by atoms with Gasteiger partial charge in [-0.1, -0.05) is 25.4 Å². The number of hydrogen-bond acceptors (Lipinski definition) is 3. The van der Waals surface area contributed by atoms with E-state index in [-0.39, 0.29) is 5.82 Å². The van der Waals surface area contributed by atoms with Crippen molar-refractivity contribution in [1.29, 1.82) is 0 Å². The number of rotatable bonds is 2. The maximum atomic E-state index is 13.3. The van der Waals surface area contributed by atoms with Gasteiger partial charge in [0.15, 0.2) is 11.6 Å². The molecule has 1 aromatic rings. The Kier molecular flexibility index (Phi) is 4.96. The van der Waals surface area contributed by atoms with Gasteiger partial charge < -0.3 is 10.2 Å². The molecular formula is C11H17ClFN3. The summed E-state index contributed by atoms with van der Waals surface area (Å²) in [7, 11) is 1.90. The summed E-state index contributed by atoms with van der Waals surface area (Å²) in [6.45, 7) is 5.59. The van der Waals surface area contributed by atoms with Crippen LogP contribution >= 0.6 is 11.6 Å². The van der Waals surface area contributed by atoms with Crippen molar-refractivity contribution >= 4 is 17.4 Å². The average Bonchev–Trinajstić information content (AvgIpc) is 2.22. The SMILES string of the molecule is CC.CNC1CN(c2ncc(Cl)cc2F)C1. The lowest BCUT2D eigenvalue weighted by Gasteiger charge is -2.39. The van der Waals surface area contributed by atoms with Crippen LogP contribution in [0.3, 0.4) is 0 Å². The van der Waals surface area contributed by atoms with Crippen molar-refractivity contribution in [1.82, 2.24) is 10.3 Å². The van der Waals surface area contributed by atoms with Crippen molar-refractivity contribution < 1.29 is 4.39 Å². The molecule has 0 spiro atoms. The van der Waals surface area contributed by atoms with Crippen LogP contribution in [0.4, 0.5) is 10.2 Å². The summed E-state index contributed by atoms with van der Waals surface area (Å²) in [6, 6.07) is 1.73. The Labute approximate surface area is 101 Å². The van der Waals surface area contributed by atoms with Crippen LogP contribution in [0.2, 0.25) is 5.02 Å². The number of pyridine rings is 1. The minimum Gasteiger partial charge on any atom is -0.351 e. The Balaban J connectivity index is 0.000000606. The first-order chi connectivity index (χ1) is 7.70. The lowest BCUT2D eigenvalue weighted by atomic mass is 10.1. The minimum absolute atomic E-state index is 0.330. The van der Waals surface area contributed by atoms with E-state index in [4.69, 9.17) is 11.6 Å². The highest BCUT2D eigenvalue weighted by Crippen LogP contribution is 2.23. The van der Waals surface area contributed by atoms with Gasteiger partial charge in [-0.25, -0.2) is 9.37 Å². The highest BCUT2D eigenvalue weighted by molar-refractivity contribution is 6.30. The molecule has 1 aromatic heterocycles. The molecule has 0 atom stereocenters. The predicted molar refractivity (Wildman–Crippen MR) is 65.6 cm³/mol. The second-order valence-electron chi connectivity index (χ2n) is 3.35. The lowest BCUT2D eigenvalue weighted by molar-refractivity contribution is 0.439. The monoisotopic (exact) mass is 245 g/mol. The van der Waals surface area contributed by atoms with Crippen LogP contribution < -0.4 is 10.2 Å². The Morgan fingerprint density at radius 2 is 2.12 bits per heavy atom. The highest BCUT2D eigenvalue weighted by atomic mass is 35.5. The number of nitrogens with one attached hydrogen (secondary N) is 1. The molecule has 1 aliphatic heterocycles. The second-order valence-corrected chi connectivity index (χ2v) is 3.79. The molecule has 90 valence electrons. The van der Waals surface area contributed by atoms with Gasteiger partial charge in [-0.3, -0.25) is 0 Å². The minimum atomic E-state index is -0.355. The first kappa shape index (κ1) is 13.2. The van der Waals surface area contributed by atoms with E-state index in [0.29, 0.717) is 16.9 Å². The summed E-state index contributed by atoms with van der Waals surface area (Å²) in [4.78, 5) is 5.84. The number of halogens is 2. The molecule has 0 aromatic carbocycles. The van der Waals surface area contributed by atoms with Crippen molar-refractivity contribution in [2.75, 3.05) is 25.0 Å². The molecule has 16 heavy (non-hydrogen) atoms. The average molecular weight is 246 g/mol. The van der Waals surface area contributed by atoms with Crippen molar-refractivity contribution in [3.8, 4) is 0 Å². The molecule has 3 nitrogen and oxygen atoms in total. The van der Waals surface area contributed by atoms with Crippen molar-refractivity contribution in [3.05, 3.63) is 23.1 Å². The van der Waals surface area contributed by atoms with Crippen LogP contribution in [-0.2, 0) is 0 Å². The first-order valence-electron chi connectivity index (χ1n) is 5.44. The highest BCUT2D eigenvalue weighted by Gasteiger charge is 2.28. The van der Waals surface area contributed by atoms with Gasteiger partial charge in [0.1, 0.15) is 0 Å². The number of aromatic nitrogens is 1. The van der Waals surface area contributed by atoms with E-state index in [1.807, 2.05) is 25.8 Å². The largest absolute Gasteiger partial charge is 0.351 e. The zero-order valence-electron chi connectivity index (χ0n) is 9.80. The van der Waals surface area contributed by atoms with Gasteiger partial charge in [0, 0.05) is 25.3 Å². The van der Waals surface area contributed by atoms with Gasteiger partial charge in [-0.2, -0.15) is 0 Å². The molecular weight excluding hydrogens is 229 g/mol. The van der Waals surface area contributed by atoms with Crippen LogP contribution in [0.5, 0.6) is 0 Å². The maximum absolute atomic E-state index is 13.3. The van der Waals surface area contributed by atoms with E-state index in [0.717, 1.165) is 13.1 Å². The molecule has 0 radical (unpaired) electrons. The summed E-state index contributed by atoms with van der Waals surface area (Å²) in [5.74, 6) is 0.0351. The maximum Gasteiger partial charge on any atom is 0.167 e. The fraction of sp³-hybridized carbons (Fsp3) is 0.545. The fourth-order valence-electron chi connectivity index (χ4n) is 1.47. The molecule has 2 rings (SSSR count). The van der Waals surface area contributed by atoms with E-state index < -0.39 is 0 Å². The molecule has 1 N–H and O–H groups in total. The van der Waals surface area contributed by atoms with E-state index in [2.05, 4.69) is 10.3 Å². The fourth-order valence-corrected chi connectivity index (χ4v) is 1.62. The van der Waals surface area contributed by atoms with Crippen molar-refractivity contribution in [2.24, 2.45) is 0 Å². The van der Waals surface area contributed by atoms with Crippen LogP contribution in [0.15, 0.2) is 12.3 Å². The molecule has 0 amide bonds. The van der Waals surface area contributed by atoms with Gasteiger partial charge in [0.05, 0.1) is 5.02 Å². The molecule has 1 aliphatic rings. The van der Waals surface area contributed by atoms with E-state index in [1.165, 1.54) is 12.3 Å². The smallest absolute Gasteiger partial charge is 0.167 e. The molecule has 2 heterocycles. The first-order valence-corrected chi connectivity index (χ1v) is 5.81. The third-order valence-electron chi connectivity index (χ3n) is 2.38. The summed E-state index contributed by atoms with van der Waals surface area (Å²) in [5.41, 5.74) is 0. The summed E-state index contributed by atoms with van der Waals surface area (Å²) in [5, 5.41) is 3.44. The number of anilines is 1. The third-order valence-corrected chi connectivity index (χ3v) is 2.58. The normalized spacial score (nSPS) is 15.2. The Bertz CT molecular complexity index is 340. The third kappa shape index (κ3) is 2.83. The van der Waals surface area contributed by atoms with Crippen LogP contribution in [0.25, 0.3) is 0 Å². The molecule has 0 bridgehead atoms. The zero-order valence-corrected chi connectivity index (χ0v) is 10.6. The van der Waals surface area contributed by atoms with E-state index >= 15 is 0 Å². The summed E-state index contributed by atoms with van der Waals surface area (Å²) in [6.07, 6.45) is 1.46. The summed E-state index contributed by atoms with van der Waals surface area (Å²) >= 11 is 5.61. The zero-order chi connectivity index (χ0) is 12.1. The number of nitrogens with zero attached hydrogens (tertiary/aromatic N) is 2. The second kappa shape index (κ2) is 6.01. The predicted octanol–water partition coefficient (Wildman–Crippen LogP) is 2.31. The molecule has 1 fully saturated rings. The Hall–Kier alpha value is -0.870. The van der Waals surface area contributed by atoms with Crippen LogP contribution in [-0.4, -0.2) is 31.2 Å². The van der Waals surface area contributed by atoms with Crippen molar-refractivity contribution in [3.63, 3.8) is 0 Å². The standard InChI is InChI=1S/C9H11ClFN3.C2H6/c1-12-7-4-14(5-7)9-8(11)2-6(10)3-13-9;1-2/h2-3,7,12H,4-5H2,1H3;1-2H3. The number of likely N-dealkylation sites (N-methyl/N-ethyl adjacent to an activating group) is 1. The van der Waals surface area contributed by atoms with Gasteiger partial charge in [0.25, 0.3) is 0 Å². The Morgan fingerprint density at radius 1 is 1.50 bits per heavy atom. The van der Waals surface area contributed by atoms with Crippen LogP contribution in [0, 0.1) is 5.82 Å². The molecule has 0 saturated carbocycles.